The van der Waals surface area contributed by atoms with Crippen LogP contribution in [0.3, 0.4) is 0 Å². The minimum Gasteiger partial charge on any atom is -0.406 e. The number of nitrogens with one attached hydrogen (secondary N) is 2. The van der Waals surface area contributed by atoms with Crippen LogP contribution >= 0.6 is 0 Å². The Hall–Kier alpha value is -1.99. The van der Waals surface area contributed by atoms with Crippen LogP contribution in [-0.2, 0) is 0 Å². The Kier molecular flexibility index (Phi) is 4.58. The van der Waals surface area contributed by atoms with E-state index in [1.165, 1.54) is 12.1 Å². The number of aromatic nitrogens is 1. The van der Waals surface area contributed by atoms with Gasteiger partial charge in [0.25, 0.3) is 0 Å². The van der Waals surface area contributed by atoms with Gasteiger partial charge >= 0.3 is 6.36 Å². The molecule has 3 rings (SSSR count). The first-order valence-corrected chi connectivity index (χ1v) is 7.47. The number of ether oxygens (including phenoxy) is 1. The molecular weight excluding hydrogens is 307 g/mol. The lowest BCUT2D eigenvalue weighted by Crippen LogP contribution is -2.45. The van der Waals surface area contributed by atoms with Gasteiger partial charge in [-0.2, -0.15) is 0 Å². The van der Waals surface area contributed by atoms with Gasteiger partial charge in [-0.15, -0.1) is 13.2 Å². The van der Waals surface area contributed by atoms with Gasteiger partial charge in [0.2, 0.25) is 0 Å². The van der Waals surface area contributed by atoms with Crippen LogP contribution in [0, 0.1) is 0 Å². The Morgan fingerprint density at radius 3 is 2.30 bits per heavy atom. The molecule has 1 aliphatic heterocycles. The van der Waals surface area contributed by atoms with Crippen LogP contribution in [0.4, 0.5) is 13.2 Å². The first kappa shape index (κ1) is 15.9. The molecule has 0 unspecified atom stereocenters. The Balaban J connectivity index is 1.84. The summed E-state index contributed by atoms with van der Waals surface area (Å²) in [5.41, 5.74) is 1.96. The van der Waals surface area contributed by atoms with Crippen molar-refractivity contribution in [2.24, 2.45) is 0 Å². The van der Waals surface area contributed by atoms with E-state index in [9.17, 15) is 13.2 Å². The molecular formula is C16H18F3N3O. The minimum absolute atomic E-state index is 0.00737. The predicted molar refractivity (Wildman–Crippen MR) is 80.2 cm³/mol. The smallest absolute Gasteiger partial charge is 0.406 e. The molecule has 0 saturated carbocycles. The first-order valence-electron chi connectivity index (χ1n) is 7.47. The molecule has 2 heterocycles. The van der Waals surface area contributed by atoms with Gasteiger partial charge in [0.05, 0.1) is 6.04 Å². The quantitative estimate of drug-likeness (QED) is 0.908. The second-order valence-corrected chi connectivity index (χ2v) is 5.43. The van der Waals surface area contributed by atoms with E-state index < -0.39 is 6.36 Å². The molecule has 7 heteroatoms. The van der Waals surface area contributed by atoms with E-state index in [0.717, 1.165) is 37.4 Å². The highest BCUT2D eigenvalue weighted by Gasteiger charge is 2.31. The molecule has 124 valence electrons. The topological polar surface area (TPSA) is 40.3 Å². The van der Waals surface area contributed by atoms with Crippen molar-refractivity contribution < 1.29 is 17.9 Å². The number of piperazine rings is 1. The number of halogens is 3. The number of benzene rings is 1. The third kappa shape index (κ3) is 4.05. The molecule has 0 amide bonds. The molecule has 4 nitrogen and oxygen atoms in total. The monoisotopic (exact) mass is 325 g/mol. The molecule has 1 fully saturated rings. The van der Waals surface area contributed by atoms with Crippen molar-refractivity contribution in [2.45, 2.75) is 12.4 Å². The average Bonchev–Trinajstić information content (AvgIpc) is 3.03. The number of rotatable bonds is 4. The fourth-order valence-electron chi connectivity index (χ4n) is 2.89. The van der Waals surface area contributed by atoms with Crippen molar-refractivity contribution in [3.05, 3.63) is 53.9 Å². The van der Waals surface area contributed by atoms with Crippen LogP contribution in [0.15, 0.2) is 42.6 Å². The average molecular weight is 325 g/mol. The summed E-state index contributed by atoms with van der Waals surface area (Å²) in [6, 6.07) is 10.0. The van der Waals surface area contributed by atoms with Crippen molar-refractivity contribution in [2.75, 3.05) is 26.2 Å². The molecule has 1 atom stereocenters. The maximum absolute atomic E-state index is 12.3. The number of hydrogen-bond acceptors (Lipinski definition) is 3. The molecule has 2 N–H and O–H groups in total. The van der Waals surface area contributed by atoms with Crippen LogP contribution in [0.5, 0.6) is 5.75 Å². The Labute approximate surface area is 132 Å². The summed E-state index contributed by atoms with van der Waals surface area (Å²) in [5.74, 6) is -0.202. The summed E-state index contributed by atoms with van der Waals surface area (Å²) >= 11 is 0. The number of H-pyrrole nitrogens is 1. The third-order valence-corrected chi connectivity index (χ3v) is 3.86. The zero-order valence-electron chi connectivity index (χ0n) is 12.4. The second kappa shape index (κ2) is 6.64. The van der Waals surface area contributed by atoms with Crippen LogP contribution in [-0.4, -0.2) is 42.4 Å². The molecule has 1 saturated heterocycles. The number of hydrogen-bond donors (Lipinski definition) is 2. The highest BCUT2D eigenvalue weighted by atomic mass is 19.4. The van der Waals surface area contributed by atoms with E-state index in [4.69, 9.17) is 0 Å². The van der Waals surface area contributed by atoms with Crippen molar-refractivity contribution in [3.63, 3.8) is 0 Å². The van der Waals surface area contributed by atoms with Crippen molar-refractivity contribution in [1.29, 1.82) is 0 Å². The Bertz CT molecular complexity index is 605. The molecule has 0 spiro atoms. The van der Waals surface area contributed by atoms with Crippen LogP contribution in [0.2, 0.25) is 0 Å². The summed E-state index contributed by atoms with van der Waals surface area (Å²) < 4.78 is 40.8. The predicted octanol–water partition coefficient (Wildman–Crippen LogP) is 2.91. The summed E-state index contributed by atoms with van der Waals surface area (Å²) in [6.07, 6.45) is -2.81. The number of nitrogens with zero attached hydrogens (tertiary/aromatic N) is 1. The molecule has 1 aliphatic rings. The molecule has 23 heavy (non-hydrogen) atoms. The van der Waals surface area contributed by atoms with Crippen molar-refractivity contribution >= 4 is 0 Å². The SMILES string of the molecule is FC(F)(F)Oc1ccc([C@@H](c2ccc[nH]2)N2CCNCC2)cc1. The van der Waals surface area contributed by atoms with E-state index in [1.807, 2.05) is 18.3 Å². The summed E-state index contributed by atoms with van der Waals surface area (Å²) in [5, 5.41) is 3.30. The van der Waals surface area contributed by atoms with Crippen LogP contribution in [0.1, 0.15) is 17.3 Å². The Morgan fingerprint density at radius 2 is 1.74 bits per heavy atom. The molecule has 1 aromatic heterocycles. The van der Waals surface area contributed by atoms with E-state index in [1.54, 1.807) is 12.1 Å². The zero-order valence-corrected chi connectivity index (χ0v) is 12.4. The van der Waals surface area contributed by atoms with E-state index >= 15 is 0 Å². The van der Waals surface area contributed by atoms with Gasteiger partial charge in [0.1, 0.15) is 5.75 Å². The van der Waals surface area contributed by atoms with Gasteiger partial charge in [0.15, 0.2) is 0 Å². The maximum Gasteiger partial charge on any atom is 0.573 e. The molecule has 0 radical (unpaired) electrons. The standard InChI is InChI=1S/C16H18F3N3O/c17-16(18,19)23-13-5-3-12(4-6-13)15(14-2-1-7-21-14)22-10-8-20-9-11-22/h1-7,15,20-21H,8-11H2/t15-/m0/s1. The summed E-state index contributed by atoms with van der Waals surface area (Å²) in [4.78, 5) is 5.52. The lowest BCUT2D eigenvalue weighted by molar-refractivity contribution is -0.274. The molecule has 1 aromatic carbocycles. The first-order chi connectivity index (χ1) is 11.0. The van der Waals surface area contributed by atoms with Gasteiger partial charge < -0.3 is 15.0 Å². The van der Waals surface area contributed by atoms with Crippen LogP contribution < -0.4 is 10.1 Å². The van der Waals surface area contributed by atoms with E-state index in [-0.39, 0.29) is 11.8 Å². The fourth-order valence-corrected chi connectivity index (χ4v) is 2.89. The summed E-state index contributed by atoms with van der Waals surface area (Å²) in [7, 11) is 0. The lowest BCUT2D eigenvalue weighted by Gasteiger charge is -2.34. The van der Waals surface area contributed by atoms with E-state index in [0.29, 0.717) is 0 Å². The normalized spacial score (nSPS) is 17.9. The maximum atomic E-state index is 12.3. The third-order valence-electron chi connectivity index (χ3n) is 3.86. The van der Waals surface area contributed by atoms with Gasteiger partial charge in [-0.3, -0.25) is 4.90 Å². The van der Waals surface area contributed by atoms with Crippen LogP contribution in [0.25, 0.3) is 0 Å². The molecule has 0 aliphatic carbocycles. The highest BCUT2D eigenvalue weighted by Crippen LogP contribution is 2.30. The van der Waals surface area contributed by atoms with Gasteiger partial charge in [-0.25, -0.2) is 0 Å². The Morgan fingerprint density at radius 1 is 1.04 bits per heavy atom. The fraction of sp³-hybridized carbons (Fsp3) is 0.375. The van der Waals surface area contributed by atoms with Crippen molar-refractivity contribution in [1.82, 2.24) is 15.2 Å². The highest BCUT2D eigenvalue weighted by molar-refractivity contribution is 5.33. The summed E-state index contributed by atoms with van der Waals surface area (Å²) in [6.45, 7) is 3.55. The van der Waals surface area contributed by atoms with Gasteiger partial charge in [-0.1, -0.05) is 12.1 Å². The van der Waals surface area contributed by atoms with E-state index in [2.05, 4.69) is 19.9 Å². The van der Waals surface area contributed by atoms with Gasteiger partial charge in [-0.05, 0) is 29.8 Å². The lowest BCUT2D eigenvalue weighted by atomic mass is 10.0. The van der Waals surface area contributed by atoms with Crippen molar-refractivity contribution in [3.8, 4) is 5.75 Å². The molecule has 0 bridgehead atoms. The minimum atomic E-state index is -4.67. The molecule has 2 aromatic rings. The number of alkyl halides is 3. The second-order valence-electron chi connectivity index (χ2n) is 5.43. The zero-order chi connectivity index (χ0) is 16.3. The number of aromatic amines is 1. The largest absolute Gasteiger partial charge is 0.573 e. The van der Waals surface area contributed by atoms with Gasteiger partial charge in [0, 0.05) is 38.1 Å².